The van der Waals surface area contributed by atoms with Crippen molar-refractivity contribution in [3.63, 3.8) is 0 Å². The molecule has 0 bridgehead atoms. The molecule has 2 rings (SSSR count). The molecule has 0 spiro atoms. The Hall–Kier alpha value is -1.59. The molecule has 1 heterocycles. The van der Waals surface area contributed by atoms with Crippen LogP contribution in [0.4, 0.5) is 0 Å². The lowest BCUT2D eigenvalue weighted by molar-refractivity contribution is -0.131. The van der Waals surface area contributed by atoms with Crippen molar-refractivity contribution in [2.75, 3.05) is 19.8 Å². The highest BCUT2D eigenvalue weighted by Gasteiger charge is 2.35. The normalized spacial score (nSPS) is 18.8. The maximum Gasteiger partial charge on any atom is 0.261 e. The predicted octanol–water partition coefficient (Wildman–Crippen LogP) is 1.42. The Kier molecular flexibility index (Phi) is 5.20. The van der Waals surface area contributed by atoms with Crippen LogP contribution in [0.2, 0.25) is 0 Å². The molecule has 1 aromatic rings. The van der Waals surface area contributed by atoms with Crippen LogP contribution in [-0.2, 0) is 9.53 Å². The van der Waals surface area contributed by atoms with Gasteiger partial charge in [0.15, 0.2) is 6.10 Å². The van der Waals surface area contributed by atoms with Crippen molar-refractivity contribution in [3.8, 4) is 5.75 Å². The van der Waals surface area contributed by atoms with E-state index >= 15 is 0 Å². The Balaban J connectivity index is 1.95. The van der Waals surface area contributed by atoms with Crippen molar-refractivity contribution in [2.24, 2.45) is 0 Å². The summed E-state index contributed by atoms with van der Waals surface area (Å²) in [5.74, 6) is 0.454. The number of aryl methyl sites for hydroxylation is 1. The van der Waals surface area contributed by atoms with Crippen LogP contribution in [0.15, 0.2) is 24.3 Å². The first-order chi connectivity index (χ1) is 10.0. The summed E-state index contributed by atoms with van der Waals surface area (Å²) in [5, 5.41) is 12.5. The van der Waals surface area contributed by atoms with E-state index in [1.165, 1.54) is 0 Å². The second kappa shape index (κ2) is 6.91. The minimum Gasteiger partial charge on any atom is -0.481 e. The van der Waals surface area contributed by atoms with E-state index in [1.807, 2.05) is 31.2 Å². The summed E-state index contributed by atoms with van der Waals surface area (Å²) in [6.45, 7) is 4.70. The molecule has 0 aliphatic carbocycles. The molecule has 21 heavy (non-hydrogen) atoms. The fraction of sp³-hybridized carbons (Fsp3) is 0.562. The summed E-state index contributed by atoms with van der Waals surface area (Å²) in [6, 6.07) is 7.58. The summed E-state index contributed by atoms with van der Waals surface area (Å²) < 4.78 is 10.9. The van der Waals surface area contributed by atoms with Crippen LogP contribution in [0.3, 0.4) is 0 Å². The van der Waals surface area contributed by atoms with Crippen LogP contribution >= 0.6 is 0 Å². The zero-order chi connectivity index (χ0) is 15.3. The van der Waals surface area contributed by atoms with Gasteiger partial charge in [-0.3, -0.25) is 4.79 Å². The van der Waals surface area contributed by atoms with Crippen molar-refractivity contribution in [1.82, 2.24) is 5.32 Å². The monoisotopic (exact) mass is 293 g/mol. The van der Waals surface area contributed by atoms with Gasteiger partial charge in [-0.2, -0.15) is 0 Å². The van der Waals surface area contributed by atoms with Gasteiger partial charge in [0.05, 0.1) is 12.1 Å². The lowest BCUT2D eigenvalue weighted by Gasteiger charge is -2.37. The van der Waals surface area contributed by atoms with Crippen LogP contribution in [0.5, 0.6) is 5.75 Å². The molecule has 0 radical (unpaired) electrons. The zero-order valence-electron chi connectivity index (χ0n) is 12.6. The maximum atomic E-state index is 12.3. The fourth-order valence-corrected chi connectivity index (χ4v) is 2.39. The smallest absolute Gasteiger partial charge is 0.261 e. The number of carbonyl (C=O) groups excluding carboxylic acids is 1. The van der Waals surface area contributed by atoms with E-state index in [4.69, 9.17) is 9.47 Å². The summed E-state index contributed by atoms with van der Waals surface area (Å²) in [7, 11) is 0. The molecular weight excluding hydrogens is 270 g/mol. The molecule has 1 aromatic carbocycles. The molecule has 5 nitrogen and oxygen atoms in total. The minimum absolute atomic E-state index is 0.0841. The number of amides is 1. The highest BCUT2D eigenvalue weighted by Crippen LogP contribution is 2.21. The van der Waals surface area contributed by atoms with Crippen LogP contribution in [0.1, 0.15) is 25.3 Å². The van der Waals surface area contributed by atoms with Gasteiger partial charge in [0, 0.05) is 13.2 Å². The minimum atomic E-state index is -0.613. The molecule has 1 aliphatic rings. The Labute approximate surface area is 125 Å². The lowest BCUT2D eigenvalue weighted by atomic mass is 9.91. The van der Waals surface area contributed by atoms with Crippen molar-refractivity contribution in [1.29, 1.82) is 0 Å². The summed E-state index contributed by atoms with van der Waals surface area (Å²) in [4.78, 5) is 12.3. The van der Waals surface area contributed by atoms with Gasteiger partial charge in [0.1, 0.15) is 5.75 Å². The molecule has 1 saturated heterocycles. The highest BCUT2D eigenvalue weighted by molar-refractivity contribution is 5.81. The van der Waals surface area contributed by atoms with E-state index < -0.39 is 11.6 Å². The maximum absolute atomic E-state index is 12.3. The van der Waals surface area contributed by atoms with Crippen LogP contribution in [0, 0.1) is 6.92 Å². The third kappa shape index (κ3) is 4.19. The average Bonchev–Trinajstić information content (AvgIpc) is 2.48. The summed E-state index contributed by atoms with van der Waals surface area (Å²) >= 11 is 0. The van der Waals surface area contributed by atoms with Crippen molar-refractivity contribution in [3.05, 3.63) is 29.8 Å². The van der Waals surface area contributed by atoms with E-state index in [9.17, 15) is 9.90 Å². The Morgan fingerprint density at radius 2 is 2.19 bits per heavy atom. The number of ether oxygens (including phenoxy) is 2. The second-order valence-electron chi connectivity index (χ2n) is 5.62. The van der Waals surface area contributed by atoms with E-state index in [1.54, 1.807) is 6.92 Å². The molecule has 0 aromatic heterocycles. The van der Waals surface area contributed by atoms with Crippen molar-refractivity contribution >= 4 is 5.91 Å². The third-order valence-electron chi connectivity index (χ3n) is 3.81. The van der Waals surface area contributed by atoms with E-state index in [0.717, 1.165) is 5.56 Å². The lowest BCUT2D eigenvalue weighted by Crippen LogP contribution is -2.57. The molecule has 1 atom stereocenters. The number of rotatable bonds is 5. The number of nitrogens with one attached hydrogen (secondary N) is 1. The molecule has 2 N–H and O–H groups in total. The van der Waals surface area contributed by atoms with Crippen molar-refractivity contribution < 1.29 is 19.4 Å². The first-order valence-electron chi connectivity index (χ1n) is 7.29. The number of hydrogen-bond donors (Lipinski definition) is 2. The fourth-order valence-electron chi connectivity index (χ4n) is 2.39. The van der Waals surface area contributed by atoms with E-state index in [-0.39, 0.29) is 12.5 Å². The first kappa shape index (κ1) is 15.8. The summed E-state index contributed by atoms with van der Waals surface area (Å²) in [5.41, 5.74) is 0.496. The van der Waals surface area contributed by atoms with E-state index in [0.29, 0.717) is 31.8 Å². The number of aliphatic hydroxyl groups is 1. The van der Waals surface area contributed by atoms with E-state index in [2.05, 4.69) is 5.32 Å². The molecule has 5 heteroatoms. The number of carbonyl (C=O) groups is 1. The molecule has 1 fully saturated rings. The van der Waals surface area contributed by atoms with Gasteiger partial charge in [0.25, 0.3) is 5.91 Å². The first-order valence-corrected chi connectivity index (χ1v) is 7.29. The topological polar surface area (TPSA) is 67.8 Å². The molecule has 1 amide bonds. The SMILES string of the molecule is Cc1cccc(OC(C)C(=O)NC2(CO)CCOCC2)c1. The van der Waals surface area contributed by atoms with Crippen LogP contribution < -0.4 is 10.1 Å². The second-order valence-corrected chi connectivity index (χ2v) is 5.62. The Morgan fingerprint density at radius 3 is 2.81 bits per heavy atom. The average molecular weight is 293 g/mol. The van der Waals surface area contributed by atoms with Crippen LogP contribution in [0.25, 0.3) is 0 Å². The van der Waals surface area contributed by atoms with Gasteiger partial charge in [-0.1, -0.05) is 12.1 Å². The Bertz CT molecular complexity index is 483. The van der Waals surface area contributed by atoms with Gasteiger partial charge < -0.3 is 19.9 Å². The zero-order valence-corrected chi connectivity index (χ0v) is 12.6. The van der Waals surface area contributed by atoms with Gasteiger partial charge in [-0.15, -0.1) is 0 Å². The Morgan fingerprint density at radius 1 is 1.48 bits per heavy atom. The van der Waals surface area contributed by atoms with Crippen molar-refractivity contribution in [2.45, 2.75) is 38.3 Å². The molecule has 1 aliphatic heterocycles. The van der Waals surface area contributed by atoms with Gasteiger partial charge in [0.2, 0.25) is 0 Å². The standard InChI is InChI=1S/C16H23NO4/c1-12-4-3-5-14(10-12)21-13(2)15(19)17-16(11-18)6-8-20-9-7-16/h3-5,10,13,18H,6-9,11H2,1-2H3,(H,17,19). The third-order valence-corrected chi connectivity index (χ3v) is 3.81. The van der Waals surface area contributed by atoms with Gasteiger partial charge >= 0.3 is 0 Å². The highest BCUT2D eigenvalue weighted by atomic mass is 16.5. The molecule has 116 valence electrons. The molecule has 1 unspecified atom stereocenters. The van der Waals surface area contributed by atoms with Gasteiger partial charge in [-0.25, -0.2) is 0 Å². The largest absolute Gasteiger partial charge is 0.481 e. The van der Waals surface area contributed by atoms with Gasteiger partial charge in [-0.05, 0) is 44.4 Å². The number of hydrogen-bond acceptors (Lipinski definition) is 4. The quantitative estimate of drug-likeness (QED) is 0.861. The predicted molar refractivity (Wildman–Crippen MR) is 79.3 cm³/mol. The number of benzene rings is 1. The number of aliphatic hydroxyl groups excluding tert-OH is 1. The van der Waals surface area contributed by atoms with Crippen LogP contribution in [-0.4, -0.2) is 42.5 Å². The molecular formula is C16H23NO4. The summed E-state index contributed by atoms with van der Waals surface area (Å²) in [6.07, 6.45) is 0.622. The molecule has 0 saturated carbocycles.